The van der Waals surface area contributed by atoms with E-state index in [0.29, 0.717) is 12.3 Å². The number of rotatable bonds is 3. The molecular weight excluding hydrogens is 288 g/mol. The van der Waals surface area contributed by atoms with Gasteiger partial charge in [0.15, 0.2) is 0 Å². The van der Waals surface area contributed by atoms with Gasteiger partial charge in [-0.1, -0.05) is 12.8 Å². The van der Waals surface area contributed by atoms with Crippen LogP contribution in [0.3, 0.4) is 0 Å². The molecule has 0 bridgehead atoms. The molecule has 2 aliphatic rings. The van der Waals surface area contributed by atoms with Crippen molar-refractivity contribution < 1.29 is 14.7 Å². The highest BCUT2D eigenvalue weighted by atomic mass is 32.1. The van der Waals surface area contributed by atoms with Crippen molar-refractivity contribution >= 4 is 23.2 Å². The van der Waals surface area contributed by atoms with Gasteiger partial charge in [0.1, 0.15) is 6.04 Å². The Morgan fingerprint density at radius 3 is 2.86 bits per heavy atom. The van der Waals surface area contributed by atoms with Crippen molar-refractivity contribution in [2.75, 3.05) is 0 Å². The maximum absolute atomic E-state index is 12.6. The Kier molecular flexibility index (Phi) is 3.97. The van der Waals surface area contributed by atoms with Crippen LogP contribution >= 0.6 is 11.3 Å². The number of hydrogen-bond acceptors (Lipinski definition) is 4. The quantitative estimate of drug-likeness (QED) is 0.929. The van der Waals surface area contributed by atoms with Crippen LogP contribution in [0.15, 0.2) is 5.38 Å². The smallest absolute Gasteiger partial charge is 0.326 e. The summed E-state index contributed by atoms with van der Waals surface area (Å²) in [6.07, 6.45) is 5.07. The third-order valence-electron chi connectivity index (χ3n) is 4.66. The summed E-state index contributed by atoms with van der Waals surface area (Å²) in [7, 11) is 0. The number of hydrogen-bond donors (Lipinski definition) is 1. The highest BCUT2D eigenvalue weighted by Crippen LogP contribution is 2.40. The van der Waals surface area contributed by atoms with E-state index in [9.17, 15) is 14.7 Å². The van der Waals surface area contributed by atoms with Crippen molar-refractivity contribution in [3.05, 3.63) is 16.1 Å². The molecule has 2 fully saturated rings. The van der Waals surface area contributed by atoms with Crippen LogP contribution in [-0.4, -0.2) is 39.0 Å². The van der Waals surface area contributed by atoms with Crippen LogP contribution in [0.1, 0.15) is 42.8 Å². The van der Waals surface area contributed by atoms with E-state index in [-0.39, 0.29) is 18.4 Å². The summed E-state index contributed by atoms with van der Waals surface area (Å²) in [4.78, 5) is 30.1. The first-order valence-corrected chi connectivity index (χ1v) is 8.39. The number of carboxylic acid groups (broad SMARTS) is 1. The van der Waals surface area contributed by atoms with Gasteiger partial charge in [-0.25, -0.2) is 9.78 Å². The van der Waals surface area contributed by atoms with Crippen LogP contribution < -0.4 is 0 Å². The summed E-state index contributed by atoms with van der Waals surface area (Å²) in [5, 5.41) is 12.3. The number of carbonyl (C=O) groups is 2. The molecule has 114 valence electrons. The summed E-state index contributed by atoms with van der Waals surface area (Å²) < 4.78 is 0. The molecule has 5 nitrogen and oxygen atoms in total. The Balaban J connectivity index is 1.79. The molecule has 0 radical (unpaired) electrons. The third-order valence-corrected chi connectivity index (χ3v) is 5.48. The minimum Gasteiger partial charge on any atom is -0.480 e. The molecule has 0 spiro atoms. The molecule has 1 saturated heterocycles. The Bertz CT molecular complexity index is 557. The van der Waals surface area contributed by atoms with Crippen molar-refractivity contribution in [3.8, 4) is 0 Å². The predicted molar refractivity (Wildman–Crippen MR) is 79.2 cm³/mol. The van der Waals surface area contributed by atoms with Gasteiger partial charge in [-0.05, 0) is 32.1 Å². The molecule has 1 aliphatic carbocycles. The second-order valence-electron chi connectivity index (χ2n) is 6.04. The first kappa shape index (κ1) is 14.5. The molecule has 3 rings (SSSR count). The number of aryl methyl sites for hydroxylation is 1. The average Bonchev–Trinajstić information content (AvgIpc) is 3.02. The Hall–Kier alpha value is -1.43. The fraction of sp³-hybridized carbons (Fsp3) is 0.667. The van der Waals surface area contributed by atoms with Crippen LogP contribution in [0.4, 0.5) is 0 Å². The lowest BCUT2D eigenvalue weighted by Gasteiger charge is -2.32. The number of fused-ring (bicyclic) bond motifs is 1. The molecule has 1 N–H and O–H groups in total. The van der Waals surface area contributed by atoms with Crippen LogP contribution in [0.25, 0.3) is 0 Å². The van der Waals surface area contributed by atoms with E-state index < -0.39 is 12.0 Å². The maximum Gasteiger partial charge on any atom is 0.326 e. The number of aliphatic carboxylic acids is 1. The average molecular weight is 308 g/mol. The number of thiazole rings is 1. The minimum atomic E-state index is -0.868. The summed E-state index contributed by atoms with van der Waals surface area (Å²) in [6, 6.07) is -0.530. The van der Waals surface area contributed by atoms with Crippen molar-refractivity contribution in [2.45, 2.75) is 57.5 Å². The lowest BCUT2D eigenvalue weighted by Crippen LogP contribution is -2.46. The normalized spacial score (nSPS) is 28.4. The van der Waals surface area contributed by atoms with Crippen LogP contribution in [0.2, 0.25) is 0 Å². The lowest BCUT2D eigenvalue weighted by atomic mass is 9.84. The minimum absolute atomic E-state index is 0.0814. The highest BCUT2D eigenvalue weighted by Gasteiger charge is 2.47. The molecule has 1 saturated carbocycles. The molecule has 1 amide bonds. The molecule has 1 aromatic rings. The van der Waals surface area contributed by atoms with Gasteiger partial charge in [0, 0.05) is 11.4 Å². The van der Waals surface area contributed by atoms with Gasteiger partial charge >= 0.3 is 5.97 Å². The van der Waals surface area contributed by atoms with Gasteiger partial charge in [-0.3, -0.25) is 4.79 Å². The molecule has 6 heteroatoms. The van der Waals surface area contributed by atoms with Gasteiger partial charge in [-0.15, -0.1) is 11.3 Å². The predicted octanol–water partition coefficient (Wildman–Crippen LogP) is 2.24. The van der Waals surface area contributed by atoms with E-state index in [2.05, 4.69) is 4.98 Å². The third kappa shape index (κ3) is 2.81. The molecule has 1 aliphatic heterocycles. The zero-order chi connectivity index (χ0) is 15.0. The fourth-order valence-electron chi connectivity index (χ4n) is 3.77. The molecule has 2 heterocycles. The van der Waals surface area contributed by atoms with E-state index >= 15 is 0 Å². The number of carbonyl (C=O) groups excluding carboxylic acids is 1. The topological polar surface area (TPSA) is 70.5 Å². The van der Waals surface area contributed by atoms with E-state index in [4.69, 9.17) is 0 Å². The van der Waals surface area contributed by atoms with Gasteiger partial charge in [0.25, 0.3) is 0 Å². The monoisotopic (exact) mass is 308 g/mol. The number of aromatic nitrogens is 1. The molecule has 0 unspecified atom stereocenters. The Morgan fingerprint density at radius 2 is 2.19 bits per heavy atom. The SMILES string of the molecule is Cc1nc(CC(=O)N2[C@@H]3CCCC[C@@H]3C[C@H]2C(=O)O)cs1. The molecule has 0 aromatic carbocycles. The second kappa shape index (κ2) is 5.75. The van der Waals surface area contributed by atoms with Crippen LogP contribution in [0.5, 0.6) is 0 Å². The van der Waals surface area contributed by atoms with Gasteiger partial charge in [-0.2, -0.15) is 0 Å². The first-order valence-electron chi connectivity index (χ1n) is 7.51. The standard InChI is InChI=1S/C15H20N2O3S/c1-9-16-11(8-21-9)7-14(18)17-12-5-3-2-4-10(12)6-13(17)15(19)20/h8,10,12-13H,2-7H2,1H3,(H,19,20)/t10-,12-,13+/m1/s1. The largest absolute Gasteiger partial charge is 0.480 e. The summed E-state index contributed by atoms with van der Waals surface area (Å²) in [5.74, 6) is -0.588. The molecular formula is C15H20N2O3S. The van der Waals surface area contributed by atoms with E-state index in [1.54, 1.807) is 4.90 Å². The van der Waals surface area contributed by atoms with E-state index in [1.165, 1.54) is 11.3 Å². The number of likely N-dealkylation sites (tertiary alicyclic amines) is 1. The summed E-state index contributed by atoms with van der Waals surface area (Å²) >= 11 is 1.52. The summed E-state index contributed by atoms with van der Waals surface area (Å²) in [5.41, 5.74) is 0.755. The summed E-state index contributed by atoms with van der Waals surface area (Å²) in [6.45, 7) is 1.91. The van der Waals surface area contributed by atoms with Crippen molar-refractivity contribution in [2.24, 2.45) is 5.92 Å². The zero-order valence-corrected chi connectivity index (χ0v) is 12.9. The van der Waals surface area contributed by atoms with Gasteiger partial charge in [0.2, 0.25) is 5.91 Å². The van der Waals surface area contributed by atoms with Crippen molar-refractivity contribution in [3.63, 3.8) is 0 Å². The number of amides is 1. The van der Waals surface area contributed by atoms with Crippen LogP contribution in [0, 0.1) is 12.8 Å². The first-order chi connectivity index (χ1) is 10.1. The highest BCUT2D eigenvalue weighted by molar-refractivity contribution is 7.09. The van der Waals surface area contributed by atoms with E-state index in [0.717, 1.165) is 36.4 Å². The van der Waals surface area contributed by atoms with Crippen LogP contribution in [-0.2, 0) is 16.0 Å². The number of carboxylic acids is 1. The maximum atomic E-state index is 12.6. The zero-order valence-electron chi connectivity index (χ0n) is 12.1. The molecule has 21 heavy (non-hydrogen) atoms. The van der Waals surface area contributed by atoms with Gasteiger partial charge in [0.05, 0.1) is 17.1 Å². The Labute approximate surface area is 128 Å². The van der Waals surface area contributed by atoms with E-state index in [1.807, 2.05) is 12.3 Å². The fourth-order valence-corrected chi connectivity index (χ4v) is 4.39. The van der Waals surface area contributed by atoms with Crippen molar-refractivity contribution in [1.82, 2.24) is 9.88 Å². The second-order valence-corrected chi connectivity index (χ2v) is 7.10. The lowest BCUT2D eigenvalue weighted by molar-refractivity contribution is -0.149. The molecule has 3 atom stereocenters. The van der Waals surface area contributed by atoms with Gasteiger partial charge < -0.3 is 10.0 Å². The molecule has 1 aromatic heterocycles. The van der Waals surface area contributed by atoms with Crippen molar-refractivity contribution in [1.29, 1.82) is 0 Å². The number of nitrogens with zero attached hydrogens (tertiary/aromatic N) is 2. The Morgan fingerprint density at radius 1 is 1.43 bits per heavy atom.